The van der Waals surface area contributed by atoms with Gasteiger partial charge in [0, 0.05) is 18.4 Å². The first kappa shape index (κ1) is 10.9. The summed E-state index contributed by atoms with van der Waals surface area (Å²) in [6.07, 6.45) is 4.53. The van der Waals surface area contributed by atoms with Crippen LogP contribution in [0.25, 0.3) is 5.95 Å². The van der Waals surface area contributed by atoms with Gasteiger partial charge in [0.25, 0.3) is 5.95 Å². The number of rotatable bonds is 3. The smallest absolute Gasteiger partial charge is 0.257 e. The van der Waals surface area contributed by atoms with Gasteiger partial charge in [-0.2, -0.15) is 20.1 Å². The van der Waals surface area contributed by atoms with Gasteiger partial charge in [0.05, 0.1) is 0 Å². The van der Waals surface area contributed by atoms with E-state index in [1.807, 2.05) is 0 Å². The average molecular weight is 245 g/mol. The van der Waals surface area contributed by atoms with Crippen LogP contribution in [0.4, 0.5) is 11.9 Å². The molecule has 18 heavy (non-hydrogen) atoms. The molecule has 0 saturated heterocycles. The Hall–Kier alpha value is -2.18. The lowest BCUT2D eigenvalue weighted by atomic mass is 10.2. The first-order chi connectivity index (χ1) is 8.54. The summed E-state index contributed by atoms with van der Waals surface area (Å²) in [5.41, 5.74) is 5.98. The summed E-state index contributed by atoms with van der Waals surface area (Å²) in [7, 11) is 0. The van der Waals surface area contributed by atoms with Crippen LogP contribution < -0.4 is 11.1 Å². The molecule has 7 nitrogen and oxygen atoms in total. The maximum Gasteiger partial charge on any atom is 0.257 e. The SMILES string of the molecule is CC1(C)CC1Nc1nc(N)nc(-n2cccn2)n1. The zero-order valence-electron chi connectivity index (χ0n) is 10.3. The summed E-state index contributed by atoms with van der Waals surface area (Å²) < 4.78 is 1.56. The van der Waals surface area contributed by atoms with E-state index in [0.29, 0.717) is 23.4 Å². The molecule has 0 bridgehead atoms. The Bertz CT molecular complexity index is 561. The molecule has 3 N–H and O–H groups in total. The van der Waals surface area contributed by atoms with Gasteiger partial charge in [-0.25, -0.2) is 4.68 Å². The number of hydrogen-bond donors (Lipinski definition) is 2. The van der Waals surface area contributed by atoms with Crippen LogP contribution in [0.15, 0.2) is 18.5 Å². The van der Waals surface area contributed by atoms with Crippen LogP contribution in [0.3, 0.4) is 0 Å². The maximum absolute atomic E-state index is 5.69. The summed E-state index contributed by atoms with van der Waals surface area (Å²) in [5.74, 6) is 1.12. The molecule has 1 atom stereocenters. The van der Waals surface area contributed by atoms with Crippen molar-refractivity contribution in [1.29, 1.82) is 0 Å². The van der Waals surface area contributed by atoms with Gasteiger partial charge in [-0.15, -0.1) is 0 Å². The molecule has 1 unspecified atom stereocenters. The molecule has 7 heteroatoms. The van der Waals surface area contributed by atoms with Crippen molar-refractivity contribution in [3.63, 3.8) is 0 Å². The standard InChI is InChI=1S/C11H15N7/c1-11(2)6-7(11)14-9-15-8(12)16-10(17-9)18-5-3-4-13-18/h3-5,7H,6H2,1-2H3,(H3,12,14,15,16,17). The first-order valence-electron chi connectivity index (χ1n) is 5.83. The number of nitrogen functional groups attached to an aromatic ring is 1. The summed E-state index contributed by atoms with van der Waals surface area (Å²) in [6.45, 7) is 4.40. The summed E-state index contributed by atoms with van der Waals surface area (Å²) in [6, 6.07) is 2.20. The minimum Gasteiger partial charge on any atom is -0.368 e. The van der Waals surface area contributed by atoms with E-state index in [9.17, 15) is 0 Å². The predicted octanol–water partition coefficient (Wildman–Crippen LogP) is 0.850. The van der Waals surface area contributed by atoms with Crippen molar-refractivity contribution < 1.29 is 0 Å². The molecular formula is C11H15N7. The molecule has 2 aromatic heterocycles. The van der Waals surface area contributed by atoms with Crippen LogP contribution in [0.2, 0.25) is 0 Å². The number of nitrogens with zero attached hydrogens (tertiary/aromatic N) is 5. The van der Waals surface area contributed by atoms with Gasteiger partial charge in [-0.05, 0) is 17.9 Å². The lowest BCUT2D eigenvalue weighted by Gasteiger charge is -2.08. The van der Waals surface area contributed by atoms with Crippen molar-refractivity contribution in [2.75, 3.05) is 11.1 Å². The highest BCUT2D eigenvalue weighted by Gasteiger charge is 2.46. The van der Waals surface area contributed by atoms with Gasteiger partial charge >= 0.3 is 0 Å². The highest BCUT2D eigenvalue weighted by molar-refractivity contribution is 5.38. The zero-order valence-corrected chi connectivity index (χ0v) is 10.3. The van der Waals surface area contributed by atoms with Crippen LogP contribution >= 0.6 is 0 Å². The van der Waals surface area contributed by atoms with E-state index in [1.54, 1.807) is 23.1 Å². The van der Waals surface area contributed by atoms with E-state index in [1.165, 1.54) is 0 Å². The molecule has 2 aromatic rings. The third kappa shape index (κ3) is 1.99. The highest BCUT2D eigenvalue weighted by atomic mass is 15.4. The van der Waals surface area contributed by atoms with Crippen molar-refractivity contribution in [1.82, 2.24) is 24.7 Å². The van der Waals surface area contributed by atoms with Gasteiger partial charge < -0.3 is 11.1 Å². The Labute approximate surface area is 104 Å². The molecule has 0 spiro atoms. The number of anilines is 2. The molecule has 0 aromatic carbocycles. The van der Waals surface area contributed by atoms with Gasteiger partial charge in [0.2, 0.25) is 11.9 Å². The second-order valence-corrected chi connectivity index (χ2v) is 5.16. The predicted molar refractivity (Wildman–Crippen MR) is 67.2 cm³/mol. The number of aromatic nitrogens is 5. The van der Waals surface area contributed by atoms with E-state index in [4.69, 9.17) is 5.73 Å². The second-order valence-electron chi connectivity index (χ2n) is 5.16. The molecule has 0 amide bonds. The summed E-state index contributed by atoms with van der Waals surface area (Å²) >= 11 is 0. The topological polar surface area (TPSA) is 94.5 Å². The maximum atomic E-state index is 5.69. The fourth-order valence-corrected chi connectivity index (χ4v) is 1.80. The third-order valence-corrected chi connectivity index (χ3v) is 3.17. The molecule has 1 aliphatic rings. The van der Waals surface area contributed by atoms with Crippen molar-refractivity contribution in [3.8, 4) is 5.95 Å². The molecule has 1 fully saturated rings. The largest absolute Gasteiger partial charge is 0.368 e. The molecule has 0 aliphatic heterocycles. The van der Waals surface area contributed by atoms with Gasteiger partial charge in [-0.3, -0.25) is 0 Å². The van der Waals surface area contributed by atoms with Crippen molar-refractivity contribution >= 4 is 11.9 Å². The van der Waals surface area contributed by atoms with E-state index in [2.05, 4.69) is 39.2 Å². The number of hydrogen-bond acceptors (Lipinski definition) is 6. The second kappa shape index (κ2) is 3.66. The van der Waals surface area contributed by atoms with Crippen LogP contribution in [0.5, 0.6) is 0 Å². The number of nitrogens with one attached hydrogen (secondary N) is 1. The van der Waals surface area contributed by atoms with Crippen LogP contribution in [0, 0.1) is 5.41 Å². The average Bonchev–Trinajstić information content (AvgIpc) is 2.76. The Morgan fingerprint density at radius 3 is 2.78 bits per heavy atom. The molecule has 94 valence electrons. The molecular weight excluding hydrogens is 230 g/mol. The van der Waals surface area contributed by atoms with Gasteiger partial charge in [0.1, 0.15) is 0 Å². The lowest BCUT2D eigenvalue weighted by molar-refractivity contribution is 0.628. The quantitative estimate of drug-likeness (QED) is 0.832. The van der Waals surface area contributed by atoms with E-state index in [0.717, 1.165) is 6.42 Å². The van der Waals surface area contributed by atoms with Crippen molar-refractivity contribution in [3.05, 3.63) is 18.5 Å². The fourth-order valence-electron chi connectivity index (χ4n) is 1.80. The first-order valence-corrected chi connectivity index (χ1v) is 5.83. The van der Waals surface area contributed by atoms with E-state index in [-0.39, 0.29) is 5.95 Å². The van der Waals surface area contributed by atoms with E-state index >= 15 is 0 Å². The minimum atomic E-state index is 0.191. The molecule has 1 aliphatic carbocycles. The third-order valence-electron chi connectivity index (χ3n) is 3.17. The fraction of sp³-hybridized carbons (Fsp3) is 0.455. The Morgan fingerprint density at radius 2 is 2.17 bits per heavy atom. The van der Waals surface area contributed by atoms with Crippen molar-refractivity contribution in [2.24, 2.45) is 5.41 Å². The normalized spacial score (nSPS) is 20.7. The highest BCUT2D eigenvalue weighted by Crippen LogP contribution is 2.46. The van der Waals surface area contributed by atoms with Crippen LogP contribution in [0.1, 0.15) is 20.3 Å². The number of nitrogens with two attached hydrogens (primary N) is 1. The molecule has 3 rings (SSSR count). The van der Waals surface area contributed by atoms with Crippen molar-refractivity contribution in [2.45, 2.75) is 26.3 Å². The van der Waals surface area contributed by atoms with Crippen LogP contribution in [-0.4, -0.2) is 30.8 Å². The van der Waals surface area contributed by atoms with E-state index < -0.39 is 0 Å². The molecule has 0 radical (unpaired) electrons. The van der Waals surface area contributed by atoms with Crippen LogP contribution in [-0.2, 0) is 0 Å². The monoisotopic (exact) mass is 245 g/mol. The van der Waals surface area contributed by atoms with Gasteiger partial charge in [-0.1, -0.05) is 13.8 Å². The zero-order chi connectivity index (χ0) is 12.8. The minimum absolute atomic E-state index is 0.191. The summed E-state index contributed by atoms with van der Waals surface area (Å²) in [5, 5.41) is 7.34. The Kier molecular flexibility index (Phi) is 2.22. The Balaban J connectivity index is 1.87. The molecule has 2 heterocycles. The summed E-state index contributed by atoms with van der Waals surface area (Å²) in [4.78, 5) is 12.5. The molecule has 1 saturated carbocycles. The Morgan fingerprint density at radius 1 is 1.39 bits per heavy atom. The lowest BCUT2D eigenvalue weighted by Crippen LogP contribution is -2.15. The van der Waals surface area contributed by atoms with Gasteiger partial charge in [0.15, 0.2) is 0 Å².